The monoisotopic (exact) mass is 254 g/mol. The van der Waals surface area contributed by atoms with Crippen LogP contribution in [0.3, 0.4) is 0 Å². The first kappa shape index (κ1) is 14.3. The molecule has 0 aromatic heterocycles. The molecule has 0 fully saturated rings. The fraction of sp³-hybridized carbons (Fsp3) is 0.462. The van der Waals surface area contributed by atoms with E-state index in [0.717, 1.165) is 11.1 Å². The van der Waals surface area contributed by atoms with Gasteiger partial charge in [-0.05, 0) is 18.1 Å². The topological polar surface area (TPSA) is 65.0 Å². The van der Waals surface area contributed by atoms with Gasteiger partial charge < -0.3 is 19.3 Å². The number of carboxylic acids is 1. The highest BCUT2D eigenvalue weighted by Crippen LogP contribution is 2.30. The maximum Gasteiger partial charge on any atom is 0.303 e. The van der Waals surface area contributed by atoms with Crippen LogP contribution >= 0.6 is 0 Å². The first-order valence-electron chi connectivity index (χ1n) is 5.56. The van der Waals surface area contributed by atoms with E-state index in [1.807, 2.05) is 6.07 Å². The molecule has 18 heavy (non-hydrogen) atoms. The minimum absolute atomic E-state index is 0.0646. The van der Waals surface area contributed by atoms with E-state index in [2.05, 4.69) is 0 Å². The number of benzene rings is 1. The highest BCUT2D eigenvalue weighted by atomic mass is 16.5. The van der Waals surface area contributed by atoms with Crippen molar-refractivity contribution in [3.8, 4) is 11.5 Å². The zero-order chi connectivity index (χ0) is 13.5. The minimum Gasteiger partial charge on any atom is -0.496 e. The second-order valence-corrected chi connectivity index (χ2v) is 3.80. The van der Waals surface area contributed by atoms with Crippen molar-refractivity contribution in [3.63, 3.8) is 0 Å². The van der Waals surface area contributed by atoms with Gasteiger partial charge in [0.1, 0.15) is 11.5 Å². The lowest BCUT2D eigenvalue weighted by Crippen LogP contribution is -2.02. The summed E-state index contributed by atoms with van der Waals surface area (Å²) < 4.78 is 15.6. The van der Waals surface area contributed by atoms with Crippen molar-refractivity contribution < 1.29 is 24.1 Å². The van der Waals surface area contributed by atoms with Gasteiger partial charge >= 0.3 is 5.97 Å². The minimum atomic E-state index is -0.832. The lowest BCUT2D eigenvalue weighted by Gasteiger charge is -2.14. The van der Waals surface area contributed by atoms with E-state index in [0.29, 0.717) is 24.5 Å². The molecule has 0 bridgehead atoms. The van der Waals surface area contributed by atoms with Crippen molar-refractivity contribution in [3.05, 3.63) is 23.3 Å². The van der Waals surface area contributed by atoms with Gasteiger partial charge in [-0.3, -0.25) is 4.79 Å². The summed E-state index contributed by atoms with van der Waals surface area (Å²) in [6, 6.07) is 3.62. The molecule has 1 aromatic carbocycles. The lowest BCUT2D eigenvalue weighted by molar-refractivity contribution is -0.136. The molecule has 1 rings (SSSR count). The normalized spacial score (nSPS) is 10.2. The molecular formula is C13H18O5. The summed E-state index contributed by atoms with van der Waals surface area (Å²) >= 11 is 0. The summed E-state index contributed by atoms with van der Waals surface area (Å²) in [7, 11) is 4.72. The van der Waals surface area contributed by atoms with E-state index in [-0.39, 0.29) is 6.42 Å². The molecule has 0 amide bonds. The van der Waals surface area contributed by atoms with E-state index in [9.17, 15) is 4.79 Å². The summed E-state index contributed by atoms with van der Waals surface area (Å²) in [4.78, 5) is 10.6. The van der Waals surface area contributed by atoms with Crippen LogP contribution in [0.1, 0.15) is 17.5 Å². The Kier molecular flexibility index (Phi) is 5.45. The van der Waals surface area contributed by atoms with Crippen LogP contribution in [0.4, 0.5) is 0 Å². The molecule has 0 aliphatic rings. The van der Waals surface area contributed by atoms with Gasteiger partial charge in [0.05, 0.1) is 20.8 Å². The fourth-order valence-electron chi connectivity index (χ4n) is 1.74. The summed E-state index contributed by atoms with van der Waals surface area (Å²) in [5.74, 6) is 0.474. The van der Waals surface area contributed by atoms with Crippen molar-refractivity contribution in [2.24, 2.45) is 0 Å². The largest absolute Gasteiger partial charge is 0.496 e. The first-order chi connectivity index (χ1) is 8.62. The number of ether oxygens (including phenoxy) is 3. The number of carbonyl (C=O) groups is 1. The van der Waals surface area contributed by atoms with E-state index in [4.69, 9.17) is 19.3 Å². The van der Waals surface area contributed by atoms with Crippen LogP contribution in [-0.2, 0) is 22.6 Å². The second kappa shape index (κ2) is 6.86. The summed E-state index contributed by atoms with van der Waals surface area (Å²) in [6.07, 6.45) is 0.480. The number of aliphatic carboxylic acids is 1. The molecule has 5 nitrogen and oxygen atoms in total. The van der Waals surface area contributed by atoms with E-state index in [1.54, 1.807) is 27.4 Å². The Hall–Kier alpha value is -1.75. The number of rotatable bonds is 7. The Morgan fingerprint density at radius 1 is 1.11 bits per heavy atom. The molecule has 0 atom stereocenters. The molecule has 0 radical (unpaired) electrons. The van der Waals surface area contributed by atoms with Gasteiger partial charge in [-0.2, -0.15) is 0 Å². The zero-order valence-electron chi connectivity index (χ0n) is 10.9. The molecule has 0 aliphatic carbocycles. The highest BCUT2D eigenvalue weighted by Gasteiger charge is 2.12. The highest BCUT2D eigenvalue weighted by molar-refractivity contribution is 5.67. The third-order valence-corrected chi connectivity index (χ3v) is 2.59. The fourth-order valence-corrected chi connectivity index (χ4v) is 1.74. The van der Waals surface area contributed by atoms with E-state index >= 15 is 0 Å². The van der Waals surface area contributed by atoms with Crippen LogP contribution in [-0.4, -0.2) is 32.4 Å². The van der Waals surface area contributed by atoms with Gasteiger partial charge in [-0.15, -0.1) is 0 Å². The summed E-state index contributed by atoms with van der Waals surface area (Å²) in [5, 5.41) is 8.72. The predicted molar refractivity (Wildman–Crippen MR) is 66.2 cm³/mol. The molecule has 0 saturated carbocycles. The molecular weight excluding hydrogens is 236 g/mol. The molecule has 0 aliphatic heterocycles. The Balaban J connectivity index is 3.05. The molecule has 0 unspecified atom stereocenters. The van der Waals surface area contributed by atoms with Gasteiger partial charge in [0.15, 0.2) is 0 Å². The van der Waals surface area contributed by atoms with Crippen molar-refractivity contribution in [1.29, 1.82) is 0 Å². The Labute approximate surface area is 106 Å². The van der Waals surface area contributed by atoms with Crippen LogP contribution in [0.5, 0.6) is 11.5 Å². The lowest BCUT2D eigenvalue weighted by atomic mass is 10.0. The van der Waals surface area contributed by atoms with E-state index in [1.165, 1.54) is 0 Å². The Bertz CT molecular complexity index is 414. The SMILES string of the molecule is COCc1cc(CCC(=O)O)c(OC)cc1OC. The summed E-state index contributed by atoms with van der Waals surface area (Å²) in [5.41, 5.74) is 1.72. The third kappa shape index (κ3) is 3.63. The van der Waals surface area contributed by atoms with Crippen LogP contribution in [0.15, 0.2) is 12.1 Å². The summed E-state index contributed by atoms with van der Waals surface area (Å²) in [6.45, 7) is 0.410. The average Bonchev–Trinajstić information content (AvgIpc) is 2.36. The zero-order valence-corrected chi connectivity index (χ0v) is 10.9. The van der Waals surface area contributed by atoms with Gasteiger partial charge in [-0.25, -0.2) is 0 Å². The number of hydrogen-bond acceptors (Lipinski definition) is 4. The molecule has 0 spiro atoms. The van der Waals surface area contributed by atoms with Crippen LogP contribution < -0.4 is 9.47 Å². The van der Waals surface area contributed by atoms with Crippen molar-refractivity contribution in [1.82, 2.24) is 0 Å². The predicted octanol–water partition coefficient (Wildman–Crippen LogP) is 1.87. The maximum atomic E-state index is 10.6. The molecule has 1 N–H and O–H groups in total. The molecule has 0 heterocycles. The van der Waals surface area contributed by atoms with Gasteiger partial charge in [0, 0.05) is 25.2 Å². The van der Waals surface area contributed by atoms with Gasteiger partial charge in [0.2, 0.25) is 0 Å². The van der Waals surface area contributed by atoms with Crippen molar-refractivity contribution in [2.45, 2.75) is 19.4 Å². The molecule has 100 valence electrons. The Morgan fingerprint density at radius 3 is 2.22 bits per heavy atom. The number of aryl methyl sites for hydroxylation is 1. The molecule has 0 saturated heterocycles. The standard InChI is InChI=1S/C13H18O5/c1-16-8-10-6-9(4-5-13(14)15)11(17-2)7-12(10)18-3/h6-7H,4-5,8H2,1-3H3,(H,14,15). The Morgan fingerprint density at radius 2 is 1.72 bits per heavy atom. The average molecular weight is 254 g/mol. The molecule has 5 heteroatoms. The first-order valence-corrected chi connectivity index (χ1v) is 5.56. The van der Waals surface area contributed by atoms with Crippen LogP contribution in [0.2, 0.25) is 0 Å². The van der Waals surface area contributed by atoms with Crippen LogP contribution in [0.25, 0.3) is 0 Å². The van der Waals surface area contributed by atoms with Gasteiger partial charge in [-0.1, -0.05) is 0 Å². The number of carboxylic acid groups (broad SMARTS) is 1. The van der Waals surface area contributed by atoms with Gasteiger partial charge in [0.25, 0.3) is 0 Å². The smallest absolute Gasteiger partial charge is 0.303 e. The number of hydrogen-bond donors (Lipinski definition) is 1. The second-order valence-electron chi connectivity index (χ2n) is 3.80. The number of methoxy groups -OCH3 is 3. The quantitative estimate of drug-likeness (QED) is 0.804. The third-order valence-electron chi connectivity index (χ3n) is 2.59. The van der Waals surface area contributed by atoms with E-state index < -0.39 is 5.97 Å². The van der Waals surface area contributed by atoms with Crippen molar-refractivity contribution >= 4 is 5.97 Å². The molecule has 1 aromatic rings. The maximum absolute atomic E-state index is 10.6. The van der Waals surface area contributed by atoms with Crippen molar-refractivity contribution in [2.75, 3.05) is 21.3 Å². The van der Waals surface area contributed by atoms with Crippen LogP contribution in [0, 0.1) is 0 Å².